The maximum absolute atomic E-state index is 10.7. The molecule has 2 amide bonds. The Labute approximate surface area is 71.2 Å². The number of hydrogen-bond donors (Lipinski definition) is 1. The minimum absolute atomic E-state index is 0.757. The summed E-state index contributed by atoms with van der Waals surface area (Å²) in [6.45, 7) is 1.51. The molecule has 68 valence electrons. The molecule has 1 heterocycles. The number of nitrogens with zero attached hydrogens (tertiary/aromatic N) is 2. The molecule has 0 aliphatic carbocycles. The molecule has 0 atom stereocenters. The molecular formula is C5H9N3O3S. The highest BCUT2D eigenvalue weighted by Gasteiger charge is 2.13. The number of carbonyl (C=O) groups is 1. The van der Waals surface area contributed by atoms with E-state index >= 15 is 0 Å². The van der Waals surface area contributed by atoms with Crippen LogP contribution < -0.4 is 5.43 Å². The molecule has 1 aliphatic rings. The molecular weight excluding hydrogens is 182 g/mol. The Bertz CT molecular complexity index is 283. The summed E-state index contributed by atoms with van der Waals surface area (Å²) in [6.07, 6.45) is 2.03. The van der Waals surface area contributed by atoms with Gasteiger partial charge in [0.15, 0.2) is 0 Å². The van der Waals surface area contributed by atoms with Crippen molar-refractivity contribution >= 4 is 16.5 Å². The second-order valence-electron chi connectivity index (χ2n) is 2.42. The second kappa shape index (κ2) is 4.17. The van der Waals surface area contributed by atoms with Crippen LogP contribution in [0.1, 0.15) is 12.8 Å². The van der Waals surface area contributed by atoms with E-state index in [0.29, 0.717) is 0 Å². The Kier molecular flexibility index (Phi) is 3.18. The van der Waals surface area contributed by atoms with Crippen molar-refractivity contribution in [3.8, 4) is 0 Å². The van der Waals surface area contributed by atoms with Crippen LogP contribution in [0.15, 0.2) is 4.36 Å². The van der Waals surface area contributed by atoms with Crippen molar-refractivity contribution in [2.75, 3.05) is 13.1 Å². The maximum atomic E-state index is 10.7. The molecule has 1 fully saturated rings. The molecule has 12 heavy (non-hydrogen) atoms. The lowest BCUT2D eigenvalue weighted by molar-refractivity contribution is 0.206. The van der Waals surface area contributed by atoms with E-state index in [1.807, 2.05) is 0 Å². The van der Waals surface area contributed by atoms with Crippen molar-refractivity contribution in [3.63, 3.8) is 0 Å². The van der Waals surface area contributed by atoms with Crippen LogP contribution in [0.4, 0.5) is 4.79 Å². The molecule has 1 saturated heterocycles. The molecule has 1 rings (SSSR count). The van der Waals surface area contributed by atoms with Crippen molar-refractivity contribution < 1.29 is 13.2 Å². The van der Waals surface area contributed by atoms with E-state index in [0.717, 1.165) is 25.9 Å². The average molecular weight is 191 g/mol. The van der Waals surface area contributed by atoms with Gasteiger partial charge in [-0.1, -0.05) is 4.36 Å². The van der Waals surface area contributed by atoms with Crippen LogP contribution in [-0.4, -0.2) is 32.5 Å². The van der Waals surface area contributed by atoms with Gasteiger partial charge < -0.3 is 0 Å². The zero-order valence-electron chi connectivity index (χ0n) is 6.36. The zero-order valence-corrected chi connectivity index (χ0v) is 7.17. The quantitative estimate of drug-likeness (QED) is 0.621. The van der Waals surface area contributed by atoms with E-state index in [9.17, 15) is 13.2 Å². The van der Waals surface area contributed by atoms with Crippen LogP contribution in [0, 0.1) is 0 Å². The molecule has 0 saturated carbocycles. The monoisotopic (exact) mass is 191 g/mol. The summed E-state index contributed by atoms with van der Waals surface area (Å²) < 4.78 is 22.6. The first-order chi connectivity index (χ1) is 5.68. The number of nitrogens with one attached hydrogen (secondary N) is 1. The number of hydrazine groups is 1. The summed E-state index contributed by atoms with van der Waals surface area (Å²) in [5.74, 6) is 0. The summed E-state index contributed by atoms with van der Waals surface area (Å²) in [7, 11) is -2.66. The lowest BCUT2D eigenvalue weighted by Crippen LogP contribution is -2.38. The maximum Gasteiger partial charge on any atom is 0.370 e. The number of urea groups is 1. The molecule has 0 unspecified atom stereocenters. The van der Waals surface area contributed by atoms with Crippen LogP contribution in [-0.2, 0) is 10.5 Å². The molecule has 6 nitrogen and oxygen atoms in total. The molecule has 7 heteroatoms. The SMILES string of the molecule is O=C(N=S(=O)=O)NN1CCCC1. The topological polar surface area (TPSA) is 78.8 Å². The Balaban J connectivity index is 2.40. The molecule has 0 spiro atoms. The van der Waals surface area contributed by atoms with Gasteiger partial charge in [0, 0.05) is 13.1 Å². The highest BCUT2D eigenvalue weighted by molar-refractivity contribution is 7.62. The van der Waals surface area contributed by atoms with E-state index in [1.165, 1.54) is 0 Å². The third-order valence-electron chi connectivity index (χ3n) is 1.52. The Morgan fingerprint density at radius 1 is 1.33 bits per heavy atom. The minimum atomic E-state index is -2.66. The Morgan fingerprint density at radius 3 is 2.42 bits per heavy atom. The number of amides is 2. The van der Waals surface area contributed by atoms with Gasteiger partial charge in [0.2, 0.25) is 0 Å². The van der Waals surface area contributed by atoms with Gasteiger partial charge in [-0.05, 0) is 12.8 Å². The fourth-order valence-electron chi connectivity index (χ4n) is 1.05. The van der Waals surface area contributed by atoms with Crippen LogP contribution in [0.3, 0.4) is 0 Å². The van der Waals surface area contributed by atoms with Crippen LogP contribution >= 0.6 is 0 Å². The van der Waals surface area contributed by atoms with E-state index in [2.05, 4.69) is 9.79 Å². The first-order valence-electron chi connectivity index (χ1n) is 3.55. The standard InChI is InChI=1S/C5H9N3O3S/c9-5(7-12(10)11)6-8-3-1-2-4-8/h1-4H2,(H,6,9). The average Bonchev–Trinajstić information content (AvgIpc) is 2.37. The molecule has 0 radical (unpaired) electrons. The summed E-state index contributed by atoms with van der Waals surface area (Å²) in [6, 6.07) is -0.828. The van der Waals surface area contributed by atoms with Gasteiger partial charge in [-0.25, -0.2) is 9.80 Å². The summed E-state index contributed by atoms with van der Waals surface area (Å²) in [5.41, 5.74) is 2.34. The molecule has 1 aliphatic heterocycles. The molecule has 0 aromatic carbocycles. The van der Waals surface area contributed by atoms with Crippen LogP contribution in [0.5, 0.6) is 0 Å². The zero-order chi connectivity index (χ0) is 8.97. The second-order valence-corrected chi connectivity index (χ2v) is 3.04. The molecule has 0 aromatic heterocycles. The number of hydrogen-bond acceptors (Lipinski definition) is 4. The van der Waals surface area contributed by atoms with Gasteiger partial charge in [0.25, 0.3) is 0 Å². The summed E-state index contributed by atoms with van der Waals surface area (Å²) in [5, 5.41) is 1.65. The molecule has 0 bridgehead atoms. The van der Waals surface area contributed by atoms with E-state index in [4.69, 9.17) is 0 Å². The number of carbonyl (C=O) groups excluding carboxylic acids is 1. The lowest BCUT2D eigenvalue weighted by atomic mass is 10.4. The van der Waals surface area contributed by atoms with Gasteiger partial charge in [0.05, 0.1) is 0 Å². The van der Waals surface area contributed by atoms with Gasteiger partial charge in [-0.3, -0.25) is 5.43 Å². The van der Waals surface area contributed by atoms with Gasteiger partial charge in [-0.15, -0.1) is 0 Å². The highest BCUT2D eigenvalue weighted by atomic mass is 32.2. The predicted molar refractivity (Wildman–Crippen MR) is 40.7 cm³/mol. The normalized spacial score (nSPS) is 17.3. The van der Waals surface area contributed by atoms with Crippen LogP contribution in [0.25, 0.3) is 0 Å². The third kappa shape index (κ3) is 2.97. The number of rotatable bonds is 1. The summed E-state index contributed by atoms with van der Waals surface area (Å²) >= 11 is 0. The van der Waals surface area contributed by atoms with Gasteiger partial charge in [0.1, 0.15) is 0 Å². The van der Waals surface area contributed by atoms with Gasteiger partial charge >= 0.3 is 16.5 Å². The van der Waals surface area contributed by atoms with E-state index in [1.54, 1.807) is 5.01 Å². The lowest BCUT2D eigenvalue weighted by Gasteiger charge is -2.12. The van der Waals surface area contributed by atoms with Crippen molar-refractivity contribution in [1.29, 1.82) is 0 Å². The Hall–Kier alpha value is -0.950. The highest BCUT2D eigenvalue weighted by Crippen LogP contribution is 2.03. The molecule has 0 aromatic rings. The third-order valence-corrected chi connectivity index (χ3v) is 1.83. The fourth-order valence-corrected chi connectivity index (χ4v) is 1.23. The molecule has 1 N–H and O–H groups in total. The fraction of sp³-hybridized carbons (Fsp3) is 0.800. The van der Waals surface area contributed by atoms with Crippen molar-refractivity contribution in [3.05, 3.63) is 0 Å². The first kappa shape index (κ1) is 9.14. The smallest absolute Gasteiger partial charge is 0.268 e. The Morgan fingerprint density at radius 2 is 1.92 bits per heavy atom. The summed E-state index contributed by atoms with van der Waals surface area (Å²) in [4.78, 5) is 10.7. The minimum Gasteiger partial charge on any atom is -0.268 e. The predicted octanol–water partition coefficient (Wildman–Crippen LogP) is -0.231. The van der Waals surface area contributed by atoms with Crippen molar-refractivity contribution in [2.24, 2.45) is 4.36 Å². The van der Waals surface area contributed by atoms with Crippen molar-refractivity contribution in [2.45, 2.75) is 12.8 Å². The van der Waals surface area contributed by atoms with E-state index < -0.39 is 16.5 Å². The largest absolute Gasteiger partial charge is 0.370 e. The van der Waals surface area contributed by atoms with Crippen LogP contribution in [0.2, 0.25) is 0 Å². The van der Waals surface area contributed by atoms with Crippen molar-refractivity contribution in [1.82, 2.24) is 10.4 Å². The van der Waals surface area contributed by atoms with E-state index in [-0.39, 0.29) is 0 Å². The van der Waals surface area contributed by atoms with Gasteiger partial charge in [-0.2, -0.15) is 8.42 Å². The first-order valence-corrected chi connectivity index (χ1v) is 4.58.